The predicted octanol–water partition coefficient (Wildman–Crippen LogP) is 2.17. The van der Waals surface area contributed by atoms with Crippen LogP contribution in [0.4, 0.5) is 10.1 Å². The summed E-state index contributed by atoms with van der Waals surface area (Å²) in [4.78, 5) is 11.5. The molecule has 0 atom stereocenters. The Labute approximate surface area is 113 Å². The van der Waals surface area contributed by atoms with E-state index in [0.717, 1.165) is 26.0 Å². The Hall–Kier alpha value is -1.46. The van der Waals surface area contributed by atoms with Crippen LogP contribution in [0, 0.1) is 5.82 Å². The van der Waals surface area contributed by atoms with Gasteiger partial charge in [0.05, 0.1) is 6.54 Å². The predicted molar refractivity (Wildman–Crippen MR) is 73.6 cm³/mol. The van der Waals surface area contributed by atoms with Crippen molar-refractivity contribution in [2.24, 2.45) is 0 Å². The van der Waals surface area contributed by atoms with Gasteiger partial charge >= 0.3 is 0 Å². The summed E-state index contributed by atoms with van der Waals surface area (Å²) in [5.74, 6) is -0.454. The van der Waals surface area contributed by atoms with Crippen LogP contribution in [0.3, 0.4) is 0 Å². The summed E-state index contributed by atoms with van der Waals surface area (Å²) in [5.41, 5.74) is 0.597. The van der Waals surface area contributed by atoms with E-state index in [-0.39, 0.29) is 18.3 Å². The summed E-state index contributed by atoms with van der Waals surface area (Å²) in [7, 11) is 0. The molecule has 1 amide bonds. The van der Waals surface area contributed by atoms with Gasteiger partial charge in [-0.2, -0.15) is 0 Å². The summed E-state index contributed by atoms with van der Waals surface area (Å²) in [5, 5.41) is 5.71. The summed E-state index contributed by atoms with van der Waals surface area (Å²) in [6.45, 7) is 4.54. The third-order valence-corrected chi connectivity index (χ3v) is 2.40. The van der Waals surface area contributed by atoms with Gasteiger partial charge in [0.25, 0.3) is 0 Å². The number of nitrogens with one attached hydrogen (secondary N) is 2. The Morgan fingerprint density at radius 3 is 2.68 bits per heavy atom. The number of carbonyl (C=O) groups is 1. The van der Waals surface area contributed by atoms with Crippen molar-refractivity contribution in [3.05, 3.63) is 30.1 Å². The maximum absolute atomic E-state index is 12.7. The number of anilines is 1. The number of benzene rings is 1. The van der Waals surface area contributed by atoms with Gasteiger partial charge in [0, 0.05) is 18.9 Å². The summed E-state index contributed by atoms with van der Waals surface area (Å²) < 4.78 is 18.0. The standard InChI is InChI=1S/C14H21FN2O2/c1-2-9-19-10-3-8-16-11-14(18)17-13-6-4-12(15)5-7-13/h4-7,16H,2-3,8-11H2,1H3,(H,17,18). The molecule has 2 N–H and O–H groups in total. The monoisotopic (exact) mass is 268 g/mol. The second-order valence-electron chi connectivity index (χ2n) is 4.20. The lowest BCUT2D eigenvalue weighted by atomic mass is 10.3. The Morgan fingerprint density at radius 2 is 2.00 bits per heavy atom. The molecule has 0 saturated carbocycles. The molecular weight excluding hydrogens is 247 g/mol. The molecule has 19 heavy (non-hydrogen) atoms. The fraction of sp³-hybridized carbons (Fsp3) is 0.500. The maximum Gasteiger partial charge on any atom is 0.238 e. The average molecular weight is 268 g/mol. The topological polar surface area (TPSA) is 50.4 Å². The number of rotatable bonds is 9. The molecule has 0 aliphatic heterocycles. The van der Waals surface area contributed by atoms with Crippen LogP contribution in [0.25, 0.3) is 0 Å². The van der Waals surface area contributed by atoms with Crippen molar-refractivity contribution in [3.63, 3.8) is 0 Å². The summed E-state index contributed by atoms with van der Waals surface area (Å²) >= 11 is 0. The first-order valence-corrected chi connectivity index (χ1v) is 6.56. The molecule has 0 aliphatic rings. The average Bonchev–Trinajstić information content (AvgIpc) is 2.40. The minimum Gasteiger partial charge on any atom is -0.381 e. The first kappa shape index (κ1) is 15.6. The summed E-state index contributed by atoms with van der Waals surface area (Å²) in [6, 6.07) is 5.69. The Bertz CT molecular complexity index is 368. The van der Waals surface area contributed by atoms with Gasteiger partial charge in [-0.05, 0) is 43.7 Å². The second-order valence-corrected chi connectivity index (χ2v) is 4.20. The van der Waals surface area contributed by atoms with Gasteiger partial charge in [0.15, 0.2) is 0 Å². The van der Waals surface area contributed by atoms with E-state index in [9.17, 15) is 9.18 Å². The highest BCUT2D eigenvalue weighted by molar-refractivity contribution is 5.92. The van der Waals surface area contributed by atoms with Crippen LogP contribution >= 0.6 is 0 Å². The molecule has 0 heterocycles. The first-order chi connectivity index (χ1) is 9.22. The quantitative estimate of drug-likeness (QED) is 0.675. The highest BCUT2D eigenvalue weighted by atomic mass is 19.1. The SMILES string of the molecule is CCCOCCCNCC(=O)Nc1ccc(F)cc1. The van der Waals surface area contributed by atoms with E-state index in [1.54, 1.807) is 0 Å². The van der Waals surface area contributed by atoms with E-state index in [1.807, 2.05) is 0 Å². The van der Waals surface area contributed by atoms with Gasteiger partial charge in [-0.3, -0.25) is 4.79 Å². The lowest BCUT2D eigenvalue weighted by Crippen LogP contribution is -2.29. The zero-order chi connectivity index (χ0) is 13.9. The van der Waals surface area contributed by atoms with Crippen molar-refractivity contribution in [2.75, 3.05) is 31.6 Å². The van der Waals surface area contributed by atoms with Gasteiger partial charge in [0.1, 0.15) is 5.82 Å². The van der Waals surface area contributed by atoms with Gasteiger partial charge in [-0.25, -0.2) is 4.39 Å². The molecule has 0 radical (unpaired) electrons. The maximum atomic E-state index is 12.7. The fourth-order valence-corrected chi connectivity index (χ4v) is 1.49. The smallest absolute Gasteiger partial charge is 0.238 e. The number of ether oxygens (including phenoxy) is 1. The number of hydrogen-bond acceptors (Lipinski definition) is 3. The second kappa shape index (κ2) is 9.47. The highest BCUT2D eigenvalue weighted by Gasteiger charge is 2.01. The van der Waals surface area contributed by atoms with Crippen LogP contribution in [0.15, 0.2) is 24.3 Å². The van der Waals surface area contributed by atoms with Gasteiger partial charge in [0.2, 0.25) is 5.91 Å². The molecule has 5 heteroatoms. The van der Waals surface area contributed by atoms with Crippen LogP contribution < -0.4 is 10.6 Å². The third kappa shape index (κ3) is 7.54. The van der Waals surface area contributed by atoms with Gasteiger partial charge < -0.3 is 15.4 Å². The molecule has 0 aromatic heterocycles. The minimum absolute atomic E-state index is 0.138. The summed E-state index contributed by atoms with van der Waals surface area (Å²) in [6.07, 6.45) is 1.90. The van der Waals surface area contributed by atoms with Gasteiger partial charge in [-0.15, -0.1) is 0 Å². The minimum atomic E-state index is -0.316. The molecule has 106 valence electrons. The van der Waals surface area contributed by atoms with Crippen molar-refractivity contribution in [2.45, 2.75) is 19.8 Å². The molecule has 0 bridgehead atoms. The Morgan fingerprint density at radius 1 is 1.26 bits per heavy atom. The molecule has 1 aromatic carbocycles. The molecule has 4 nitrogen and oxygen atoms in total. The van der Waals surface area contributed by atoms with E-state index in [0.29, 0.717) is 12.3 Å². The molecule has 0 spiro atoms. The molecule has 0 fully saturated rings. The van der Waals surface area contributed by atoms with Crippen LogP contribution in [0.1, 0.15) is 19.8 Å². The zero-order valence-electron chi connectivity index (χ0n) is 11.2. The zero-order valence-corrected chi connectivity index (χ0v) is 11.2. The van der Waals surface area contributed by atoms with Crippen LogP contribution in [0.5, 0.6) is 0 Å². The number of hydrogen-bond donors (Lipinski definition) is 2. The molecule has 0 aliphatic carbocycles. The molecule has 1 aromatic rings. The van der Waals surface area contributed by atoms with E-state index in [4.69, 9.17) is 4.74 Å². The van der Waals surface area contributed by atoms with E-state index in [1.165, 1.54) is 24.3 Å². The van der Waals surface area contributed by atoms with Crippen molar-refractivity contribution in [1.82, 2.24) is 5.32 Å². The molecule has 1 rings (SSSR count). The number of amides is 1. The molecule has 0 saturated heterocycles. The van der Waals surface area contributed by atoms with Crippen molar-refractivity contribution >= 4 is 11.6 Å². The van der Waals surface area contributed by atoms with Crippen molar-refractivity contribution in [3.8, 4) is 0 Å². The normalized spacial score (nSPS) is 10.4. The molecule has 0 unspecified atom stereocenters. The van der Waals surface area contributed by atoms with E-state index in [2.05, 4.69) is 17.6 Å². The Kier molecular flexibility index (Phi) is 7.77. The van der Waals surface area contributed by atoms with Crippen LogP contribution in [0.2, 0.25) is 0 Å². The van der Waals surface area contributed by atoms with Crippen LogP contribution in [-0.2, 0) is 9.53 Å². The number of carbonyl (C=O) groups excluding carboxylic acids is 1. The highest BCUT2D eigenvalue weighted by Crippen LogP contribution is 2.07. The number of halogens is 1. The van der Waals surface area contributed by atoms with Crippen molar-refractivity contribution in [1.29, 1.82) is 0 Å². The fourth-order valence-electron chi connectivity index (χ4n) is 1.49. The van der Waals surface area contributed by atoms with E-state index < -0.39 is 0 Å². The molecular formula is C14H21FN2O2. The lowest BCUT2D eigenvalue weighted by Gasteiger charge is -2.07. The third-order valence-electron chi connectivity index (χ3n) is 2.40. The lowest BCUT2D eigenvalue weighted by molar-refractivity contribution is -0.115. The Balaban J connectivity index is 2.06. The first-order valence-electron chi connectivity index (χ1n) is 6.56. The van der Waals surface area contributed by atoms with Crippen molar-refractivity contribution < 1.29 is 13.9 Å². The van der Waals surface area contributed by atoms with Crippen LogP contribution in [-0.4, -0.2) is 32.2 Å². The van der Waals surface area contributed by atoms with Gasteiger partial charge in [-0.1, -0.05) is 6.92 Å². The van der Waals surface area contributed by atoms with E-state index >= 15 is 0 Å². The largest absolute Gasteiger partial charge is 0.381 e.